The van der Waals surface area contributed by atoms with Gasteiger partial charge in [0, 0.05) is 32.0 Å². The van der Waals surface area contributed by atoms with E-state index in [-0.39, 0.29) is 11.8 Å². The van der Waals surface area contributed by atoms with E-state index in [2.05, 4.69) is 5.32 Å². The van der Waals surface area contributed by atoms with Gasteiger partial charge < -0.3 is 15.0 Å². The summed E-state index contributed by atoms with van der Waals surface area (Å²) in [5, 5.41) is 3.22. The van der Waals surface area contributed by atoms with E-state index in [1.807, 2.05) is 105 Å². The molecule has 4 rings (SSSR count). The largest absolute Gasteiger partial charge is 0.494 e. The van der Waals surface area contributed by atoms with E-state index in [4.69, 9.17) is 4.74 Å². The van der Waals surface area contributed by atoms with E-state index in [1.54, 1.807) is 0 Å². The number of carbonyl (C=O) groups is 2. The molecule has 1 N–H and O–H groups in total. The Labute approximate surface area is 200 Å². The highest BCUT2D eigenvalue weighted by molar-refractivity contribution is 6.36. The number of anilines is 2. The summed E-state index contributed by atoms with van der Waals surface area (Å²) < 4.78 is 5.54. The van der Waals surface area contributed by atoms with Gasteiger partial charge in [0.15, 0.2) is 0 Å². The summed E-state index contributed by atoms with van der Waals surface area (Å²) >= 11 is 0. The van der Waals surface area contributed by atoms with Gasteiger partial charge in [-0.05, 0) is 60.9 Å². The number of ether oxygens (including phenoxy) is 1. The fraction of sp³-hybridized carbons (Fsp3) is 0.214. The van der Waals surface area contributed by atoms with Crippen molar-refractivity contribution in [3.63, 3.8) is 0 Å². The molecular formula is C28H29N3O3. The maximum Gasteiger partial charge on any atom is 0.278 e. The quantitative estimate of drug-likeness (QED) is 0.479. The third-order valence-corrected chi connectivity index (χ3v) is 5.74. The minimum atomic E-state index is -0.318. The molecule has 1 aliphatic rings. The predicted octanol–water partition coefficient (Wildman–Crippen LogP) is 4.59. The molecule has 0 aromatic heterocycles. The Bertz CT molecular complexity index is 1180. The maximum atomic E-state index is 13.5. The van der Waals surface area contributed by atoms with Crippen molar-refractivity contribution in [2.24, 2.45) is 0 Å². The lowest BCUT2D eigenvalue weighted by atomic mass is 10.0. The van der Waals surface area contributed by atoms with E-state index in [1.165, 1.54) is 4.90 Å². The lowest BCUT2D eigenvalue weighted by Crippen LogP contribution is -2.34. The number of carbonyl (C=O) groups excluding carboxylic acids is 2. The summed E-state index contributed by atoms with van der Waals surface area (Å²) in [6.07, 6.45) is 0.597. The number of hydrogen-bond donors (Lipinski definition) is 1. The first-order valence-electron chi connectivity index (χ1n) is 11.4. The lowest BCUT2D eigenvalue weighted by molar-refractivity contribution is -0.136. The van der Waals surface area contributed by atoms with Gasteiger partial charge in [-0.25, -0.2) is 0 Å². The average Bonchev–Trinajstić information content (AvgIpc) is 3.08. The van der Waals surface area contributed by atoms with Gasteiger partial charge in [-0.1, -0.05) is 42.5 Å². The first-order valence-corrected chi connectivity index (χ1v) is 11.4. The van der Waals surface area contributed by atoms with Crippen LogP contribution in [0.5, 0.6) is 5.75 Å². The van der Waals surface area contributed by atoms with Crippen molar-refractivity contribution < 1.29 is 14.3 Å². The molecule has 3 aromatic carbocycles. The van der Waals surface area contributed by atoms with Crippen LogP contribution in [0.2, 0.25) is 0 Å². The Morgan fingerprint density at radius 2 is 1.53 bits per heavy atom. The second-order valence-electron chi connectivity index (χ2n) is 8.27. The predicted molar refractivity (Wildman–Crippen MR) is 136 cm³/mol. The molecule has 1 aliphatic heterocycles. The Morgan fingerprint density at radius 1 is 0.853 bits per heavy atom. The summed E-state index contributed by atoms with van der Waals surface area (Å²) in [5.74, 6) is 0.109. The van der Waals surface area contributed by atoms with Crippen LogP contribution in [-0.4, -0.2) is 44.0 Å². The van der Waals surface area contributed by atoms with Crippen LogP contribution in [0.1, 0.15) is 18.1 Å². The molecule has 0 atom stereocenters. The topological polar surface area (TPSA) is 61.9 Å². The number of nitrogens with zero attached hydrogens (tertiary/aromatic N) is 2. The van der Waals surface area contributed by atoms with Crippen molar-refractivity contribution in [1.29, 1.82) is 0 Å². The van der Waals surface area contributed by atoms with Crippen molar-refractivity contribution in [3.05, 3.63) is 95.7 Å². The third kappa shape index (κ3) is 4.96. The molecule has 0 bridgehead atoms. The minimum absolute atomic E-state index is 0.292. The van der Waals surface area contributed by atoms with Crippen LogP contribution in [0.15, 0.2) is 84.6 Å². The van der Waals surface area contributed by atoms with Crippen LogP contribution >= 0.6 is 0 Å². The molecule has 6 heteroatoms. The van der Waals surface area contributed by atoms with Crippen molar-refractivity contribution >= 4 is 28.8 Å². The van der Waals surface area contributed by atoms with Gasteiger partial charge in [0.1, 0.15) is 11.4 Å². The molecule has 0 saturated heterocycles. The molecule has 0 fully saturated rings. The van der Waals surface area contributed by atoms with Crippen molar-refractivity contribution in [3.8, 4) is 5.75 Å². The van der Waals surface area contributed by atoms with E-state index >= 15 is 0 Å². The van der Waals surface area contributed by atoms with E-state index < -0.39 is 0 Å². The zero-order chi connectivity index (χ0) is 24.1. The molecule has 0 saturated carbocycles. The molecule has 0 unspecified atom stereocenters. The number of hydrogen-bond acceptors (Lipinski definition) is 5. The van der Waals surface area contributed by atoms with Crippen LogP contribution in [0.4, 0.5) is 11.4 Å². The molecule has 0 spiro atoms. The monoisotopic (exact) mass is 455 g/mol. The number of benzene rings is 3. The molecular weight excluding hydrogens is 426 g/mol. The van der Waals surface area contributed by atoms with Crippen LogP contribution < -0.4 is 15.0 Å². The number of amides is 2. The Morgan fingerprint density at radius 3 is 2.15 bits per heavy atom. The third-order valence-electron chi connectivity index (χ3n) is 5.74. The van der Waals surface area contributed by atoms with Crippen LogP contribution in [0.3, 0.4) is 0 Å². The molecule has 3 aromatic rings. The first-order chi connectivity index (χ1) is 16.5. The summed E-state index contributed by atoms with van der Waals surface area (Å²) in [7, 11) is 3.94. The van der Waals surface area contributed by atoms with E-state index in [9.17, 15) is 9.59 Å². The van der Waals surface area contributed by atoms with Crippen molar-refractivity contribution in [2.45, 2.75) is 13.3 Å². The van der Waals surface area contributed by atoms with Gasteiger partial charge in [0.25, 0.3) is 11.8 Å². The highest BCUT2D eigenvalue weighted by Gasteiger charge is 2.39. The van der Waals surface area contributed by atoms with E-state index in [0.717, 1.165) is 22.7 Å². The first kappa shape index (κ1) is 23.1. The zero-order valence-corrected chi connectivity index (χ0v) is 19.7. The van der Waals surface area contributed by atoms with Crippen molar-refractivity contribution in [2.75, 3.05) is 37.5 Å². The Kier molecular flexibility index (Phi) is 6.97. The fourth-order valence-electron chi connectivity index (χ4n) is 3.92. The van der Waals surface area contributed by atoms with Gasteiger partial charge in [0.2, 0.25) is 0 Å². The van der Waals surface area contributed by atoms with Gasteiger partial charge in [-0.15, -0.1) is 0 Å². The number of imide groups is 1. The second kappa shape index (κ2) is 10.3. The normalized spacial score (nSPS) is 13.4. The summed E-state index contributed by atoms with van der Waals surface area (Å²) in [6, 6.07) is 24.9. The molecule has 6 nitrogen and oxygen atoms in total. The molecule has 2 amide bonds. The molecule has 0 radical (unpaired) electrons. The number of nitrogens with one attached hydrogen (secondary N) is 1. The average molecular weight is 456 g/mol. The Balaban J connectivity index is 1.65. The van der Waals surface area contributed by atoms with Gasteiger partial charge in [-0.2, -0.15) is 0 Å². The molecule has 0 aliphatic carbocycles. The fourth-order valence-corrected chi connectivity index (χ4v) is 3.92. The summed E-state index contributed by atoms with van der Waals surface area (Å²) in [6.45, 7) is 2.79. The highest BCUT2D eigenvalue weighted by atomic mass is 16.5. The lowest BCUT2D eigenvalue weighted by Gasteiger charge is -2.16. The second-order valence-corrected chi connectivity index (χ2v) is 8.27. The smallest absolute Gasteiger partial charge is 0.278 e. The van der Waals surface area contributed by atoms with E-state index in [0.29, 0.717) is 36.4 Å². The molecule has 174 valence electrons. The molecule has 34 heavy (non-hydrogen) atoms. The minimum Gasteiger partial charge on any atom is -0.494 e. The summed E-state index contributed by atoms with van der Waals surface area (Å²) in [4.78, 5) is 30.2. The van der Waals surface area contributed by atoms with Crippen LogP contribution in [0.25, 0.3) is 5.57 Å². The van der Waals surface area contributed by atoms with Gasteiger partial charge in [0.05, 0.1) is 12.2 Å². The highest BCUT2D eigenvalue weighted by Crippen LogP contribution is 2.32. The van der Waals surface area contributed by atoms with Gasteiger partial charge in [-0.3, -0.25) is 14.5 Å². The SMILES string of the molecule is CCOc1ccc(C2=C(Nc3ccc(N(C)C)cc3)C(=O)N(CCc3ccccc3)C2=O)cc1. The zero-order valence-electron chi connectivity index (χ0n) is 19.7. The standard InChI is InChI=1S/C28H29N3O3/c1-4-34-24-16-10-21(11-17-24)25-26(29-22-12-14-23(15-13-22)30(2)3)28(33)31(27(25)32)19-18-20-8-6-5-7-9-20/h5-17,29H,4,18-19H2,1-3H3. The number of rotatable bonds is 9. The Hall–Kier alpha value is -4.06. The van der Waals surface area contributed by atoms with Crippen LogP contribution in [0, 0.1) is 0 Å². The van der Waals surface area contributed by atoms with Crippen molar-refractivity contribution in [1.82, 2.24) is 4.90 Å². The summed E-state index contributed by atoms with van der Waals surface area (Å²) in [5.41, 5.74) is 4.21. The molecule has 1 heterocycles. The van der Waals surface area contributed by atoms with Gasteiger partial charge >= 0.3 is 0 Å². The maximum absolute atomic E-state index is 13.5. The van der Waals surface area contributed by atoms with Crippen LogP contribution in [-0.2, 0) is 16.0 Å².